The highest BCUT2D eigenvalue weighted by Gasteiger charge is 2.45. The molecular formula is C11H16N2O. The van der Waals surface area contributed by atoms with Crippen molar-refractivity contribution in [3.63, 3.8) is 0 Å². The number of piperidine rings is 2. The summed E-state index contributed by atoms with van der Waals surface area (Å²) in [6, 6.07) is 0.340. The highest BCUT2D eigenvalue weighted by Crippen LogP contribution is 2.38. The maximum absolute atomic E-state index is 11.6. The van der Waals surface area contributed by atoms with Gasteiger partial charge < -0.3 is 10.6 Å². The molecule has 3 nitrogen and oxygen atoms in total. The molecule has 2 N–H and O–H groups in total. The molecular weight excluding hydrogens is 176 g/mol. The molecule has 1 amide bonds. The molecule has 3 rings (SSSR count). The number of carbonyl (C=O) groups excluding carboxylic acids is 1. The molecule has 1 aliphatic carbocycles. The normalized spacial score (nSPS) is 34.6. The number of hydrogen-bond donors (Lipinski definition) is 1. The SMILES string of the molecule is C#CCCC(=O)N1CC2CC(C1)C2N. The Morgan fingerprint density at radius 2 is 2.14 bits per heavy atom. The van der Waals surface area contributed by atoms with E-state index in [1.54, 1.807) is 0 Å². The Balaban J connectivity index is 1.84. The second-order valence-electron chi connectivity index (χ2n) is 4.34. The van der Waals surface area contributed by atoms with E-state index >= 15 is 0 Å². The van der Waals surface area contributed by atoms with Crippen LogP contribution in [0.1, 0.15) is 19.3 Å². The van der Waals surface area contributed by atoms with Gasteiger partial charge in [-0.2, -0.15) is 0 Å². The Morgan fingerprint density at radius 1 is 1.50 bits per heavy atom. The van der Waals surface area contributed by atoms with Crippen LogP contribution in [0, 0.1) is 24.2 Å². The van der Waals surface area contributed by atoms with Crippen LogP contribution in [0.5, 0.6) is 0 Å². The monoisotopic (exact) mass is 192 g/mol. The summed E-state index contributed by atoms with van der Waals surface area (Å²) in [7, 11) is 0. The number of rotatable bonds is 2. The third-order valence-corrected chi connectivity index (χ3v) is 3.44. The van der Waals surface area contributed by atoms with Crippen LogP contribution in [-0.4, -0.2) is 29.9 Å². The van der Waals surface area contributed by atoms with Crippen molar-refractivity contribution in [2.24, 2.45) is 17.6 Å². The lowest BCUT2D eigenvalue weighted by Crippen LogP contribution is -2.62. The largest absolute Gasteiger partial charge is 0.342 e. The summed E-state index contributed by atoms with van der Waals surface area (Å²) in [5.41, 5.74) is 5.92. The molecule has 0 aromatic carbocycles. The zero-order valence-electron chi connectivity index (χ0n) is 8.28. The Morgan fingerprint density at radius 3 is 2.64 bits per heavy atom. The van der Waals surface area contributed by atoms with Gasteiger partial charge in [0.05, 0.1) is 0 Å². The van der Waals surface area contributed by atoms with Gasteiger partial charge in [-0.25, -0.2) is 0 Å². The summed E-state index contributed by atoms with van der Waals surface area (Å²) in [6.45, 7) is 1.70. The quantitative estimate of drug-likeness (QED) is 0.635. The summed E-state index contributed by atoms with van der Waals surface area (Å²) < 4.78 is 0. The summed E-state index contributed by atoms with van der Waals surface area (Å²) in [6.07, 6.45) is 7.38. The van der Waals surface area contributed by atoms with Gasteiger partial charge in [0.15, 0.2) is 0 Å². The van der Waals surface area contributed by atoms with Gasteiger partial charge in [0.25, 0.3) is 0 Å². The van der Waals surface area contributed by atoms with Gasteiger partial charge >= 0.3 is 0 Å². The second kappa shape index (κ2) is 3.62. The van der Waals surface area contributed by atoms with Gasteiger partial charge in [-0.05, 0) is 18.3 Å². The minimum absolute atomic E-state index is 0.199. The third kappa shape index (κ3) is 1.51. The van der Waals surface area contributed by atoms with Crippen molar-refractivity contribution in [3.05, 3.63) is 0 Å². The van der Waals surface area contributed by atoms with Crippen molar-refractivity contribution >= 4 is 5.91 Å². The number of nitrogens with two attached hydrogens (primary N) is 1. The standard InChI is InChI=1S/C11H16N2O/c1-2-3-4-10(14)13-6-8-5-9(7-13)11(8)12/h1,8-9,11H,3-7,12H2. The lowest BCUT2D eigenvalue weighted by molar-refractivity contribution is -0.138. The topological polar surface area (TPSA) is 46.3 Å². The highest BCUT2D eigenvalue weighted by molar-refractivity contribution is 5.76. The predicted octanol–water partition coefficient (Wildman–Crippen LogP) is 0.205. The molecule has 0 spiro atoms. The van der Waals surface area contributed by atoms with E-state index in [1.165, 1.54) is 6.42 Å². The van der Waals surface area contributed by atoms with Gasteiger partial charge in [-0.15, -0.1) is 12.3 Å². The molecule has 2 unspecified atom stereocenters. The first kappa shape index (κ1) is 9.54. The first-order valence-corrected chi connectivity index (χ1v) is 5.19. The Bertz CT molecular complexity index is 270. The van der Waals surface area contributed by atoms with Crippen LogP contribution >= 0.6 is 0 Å². The second-order valence-corrected chi connectivity index (χ2v) is 4.34. The molecule has 2 saturated heterocycles. The Kier molecular flexibility index (Phi) is 2.47. The first-order chi connectivity index (χ1) is 6.72. The number of hydrogen-bond acceptors (Lipinski definition) is 2. The van der Waals surface area contributed by atoms with E-state index < -0.39 is 0 Å². The maximum Gasteiger partial charge on any atom is 0.223 e. The van der Waals surface area contributed by atoms with Crippen LogP contribution in [0.3, 0.4) is 0 Å². The zero-order valence-corrected chi connectivity index (χ0v) is 8.28. The predicted molar refractivity (Wildman–Crippen MR) is 54.2 cm³/mol. The zero-order chi connectivity index (χ0) is 10.1. The average molecular weight is 192 g/mol. The van der Waals surface area contributed by atoms with Crippen LogP contribution in [0.25, 0.3) is 0 Å². The van der Waals surface area contributed by atoms with Gasteiger partial charge in [0, 0.05) is 32.0 Å². The minimum atomic E-state index is 0.199. The summed E-state index contributed by atoms with van der Waals surface area (Å²) >= 11 is 0. The number of amides is 1. The van der Waals surface area contributed by atoms with Crippen molar-refractivity contribution in [1.29, 1.82) is 0 Å². The summed E-state index contributed by atoms with van der Waals surface area (Å²) in [5.74, 6) is 3.79. The van der Waals surface area contributed by atoms with Gasteiger partial charge in [0.2, 0.25) is 5.91 Å². The molecule has 0 radical (unpaired) electrons. The van der Waals surface area contributed by atoms with Gasteiger partial charge in [0.1, 0.15) is 0 Å². The Labute approximate surface area is 84.6 Å². The van der Waals surface area contributed by atoms with E-state index in [2.05, 4.69) is 5.92 Å². The van der Waals surface area contributed by atoms with Crippen LogP contribution < -0.4 is 5.73 Å². The average Bonchev–Trinajstić information content (AvgIpc) is 2.25. The Hall–Kier alpha value is -1.01. The molecule has 14 heavy (non-hydrogen) atoms. The minimum Gasteiger partial charge on any atom is -0.342 e. The van der Waals surface area contributed by atoms with E-state index in [4.69, 9.17) is 12.2 Å². The highest BCUT2D eigenvalue weighted by atomic mass is 16.2. The van der Waals surface area contributed by atoms with E-state index in [9.17, 15) is 4.79 Å². The number of carbonyl (C=O) groups is 1. The maximum atomic E-state index is 11.6. The molecule has 0 aromatic heterocycles. The molecule has 76 valence electrons. The lowest BCUT2D eigenvalue weighted by Gasteiger charge is -2.52. The number of terminal acetylenes is 1. The molecule has 2 aliphatic heterocycles. The number of fused-ring (bicyclic) bond motifs is 2. The molecule has 0 aromatic rings. The molecule has 2 bridgehead atoms. The summed E-state index contributed by atoms with van der Waals surface area (Å²) in [5, 5.41) is 0. The first-order valence-electron chi connectivity index (χ1n) is 5.19. The number of nitrogens with zero attached hydrogens (tertiary/aromatic N) is 1. The van der Waals surface area contributed by atoms with Gasteiger partial charge in [-0.3, -0.25) is 4.79 Å². The van der Waals surface area contributed by atoms with E-state index in [1.807, 2.05) is 4.90 Å². The van der Waals surface area contributed by atoms with Gasteiger partial charge in [-0.1, -0.05) is 0 Å². The fourth-order valence-electron chi connectivity index (χ4n) is 2.47. The van der Waals surface area contributed by atoms with E-state index in [0.717, 1.165) is 13.1 Å². The van der Waals surface area contributed by atoms with Crippen LogP contribution in [-0.2, 0) is 4.79 Å². The summed E-state index contributed by atoms with van der Waals surface area (Å²) in [4.78, 5) is 13.5. The fraction of sp³-hybridized carbons (Fsp3) is 0.727. The molecule has 2 atom stereocenters. The molecule has 1 saturated carbocycles. The van der Waals surface area contributed by atoms with Crippen LogP contribution in [0.4, 0.5) is 0 Å². The van der Waals surface area contributed by atoms with Crippen molar-refractivity contribution < 1.29 is 4.79 Å². The van der Waals surface area contributed by atoms with Crippen molar-refractivity contribution in [3.8, 4) is 12.3 Å². The van der Waals surface area contributed by atoms with E-state index in [0.29, 0.717) is 30.7 Å². The smallest absolute Gasteiger partial charge is 0.223 e. The fourth-order valence-corrected chi connectivity index (χ4v) is 2.47. The molecule has 3 aliphatic rings. The van der Waals surface area contributed by atoms with Crippen LogP contribution in [0.15, 0.2) is 0 Å². The third-order valence-electron chi connectivity index (χ3n) is 3.44. The van der Waals surface area contributed by atoms with Crippen LogP contribution in [0.2, 0.25) is 0 Å². The van der Waals surface area contributed by atoms with Crippen molar-refractivity contribution in [1.82, 2.24) is 4.90 Å². The van der Waals surface area contributed by atoms with Crippen molar-refractivity contribution in [2.75, 3.05) is 13.1 Å². The molecule has 2 heterocycles. The van der Waals surface area contributed by atoms with Crippen molar-refractivity contribution in [2.45, 2.75) is 25.3 Å². The molecule has 3 heteroatoms. The lowest BCUT2D eigenvalue weighted by atomic mass is 9.67. The van der Waals surface area contributed by atoms with E-state index in [-0.39, 0.29) is 5.91 Å². The molecule has 3 fully saturated rings.